The molecule has 0 saturated carbocycles. The first-order valence-electron chi connectivity index (χ1n) is 7.67. The first-order chi connectivity index (χ1) is 11.6. The Bertz CT molecular complexity index is 688. The Kier molecular flexibility index (Phi) is 6.63. The number of ether oxygens (including phenoxy) is 2. The molecule has 0 bridgehead atoms. The van der Waals surface area contributed by atoms with Crippen LogP contribution < -0.4 is 9.47 Å². The zero-order chi connectivity index (χ0) is 17.5. The number of hydrogen-bond donors (Lipinski definition) is 0. The quantitative estimate of drug-likeness (QED) is 0.644. The van der Waals surface area contributed by atoms with Crippen molar-refractivity contribution >= 4 is 11.6 Å². The van der Waals surface area contributed by atoms with Gasteiger partial charge in [0.25, 0.3) is 0 Å². The van der Waals surface area contributed by atoms with Crippen molar-refractivity contribution in [3.8, 4) is 11.5 Å². The average Bonchev–Trinajstić information content (AvgIpc) is 3.00. The molecule has 130 valence electrons. The van der Waals surface area contributed by atoms with Crippen LogP contribution in [0.3, 0.4) is 0 Å². The molecule has 2 rings (SSSR count). The van der Waals surface area contributed by atoms with Crippen LogP contribution in [0.1, 0.15) is 24.2 Å². The first kappa shape index (κ1) is 18.3. The Morgan fingerprint density at radius 1 is 1.38 bits per heavy atom. The largest absolute Gasteiger partial charge is 0.493 e. The Morgan fingerprint density at radius 3 is 2.79 bits per heavy atom. The molecule has 0 aliphatic carbocycles. The number of rotatable bonds is 9. The van der Waals surface area contributed by atoms with Crippen molar-refractivity contribution in [3.63, 3.8) is 0 Å². The summed E-state index contributed by atoms with van der Waals surface area (Å²) >= 11 is 6.32. The van der Waals surface area contributed by atoms with Gasteiger partial charge in [0.15, 0.2) is 17.3 Å². The first-order valence-corrected chi connectivity index (χ1v) is 8.05. The van der Waals surface area contributed by atoms with Crippen LogP contribution in [-0.4, -0.2) is 35.8 Å². The molecule has 0 unspecified atom stereocenters. The molecule has 0 radical (unpaired) electrons. The second-order valence-electron chi connectivity index (χ2n) is 5.34. The highest BCUT2D eigenvalue weighted by Gasteiger charge is 2.14. The SMILES string of the molecule is C=CCOc1c(Cl)cc(CN(C)Cc2noc(CC)n2)cc1OC. The van der Waals surface area contributed by atoms with Crippen LogP contribution in [0.15, 0.2) is 29.3 Å². The molecule has 0 atom stereocenters. The van der Waals surface area contributed by atoms with Gasteiger partial charge in [-0.2, -0.15) is 4.98 Å². The minimum absolute atomic E-state index is 0.368. The number of nitrogens with zero attached hydrogens (tertiary/aromatic N) is 3. The molecule has 0 aliphatic heterocycles. The van der Waals surface area contributed by atoms with E-state index < -0.39 is 0 Å². The van der Waals surface area contributed by atoms with Gasteiger partial charge in [0.05, 0.1) is 18.7 Å². The molecule has 1 aromatic carbocycles. The predicted octanol–water partition coefficient (Wildman–Crippen LogP) is 3.49. The fourth-order valence-corrected chi connectivity index (χ4v) is 2.54. The van der Waals surface area contributed by atoms with E-state index in [1.807, 2.05) is 26.1 Å². The van der Waals surface area contributed by atoms with Crippen molar-refractivity contribution in [2.24, 2.45) is 0 Å². The molecule has 7 heteroatoms. The van der Waals surface area contributed by atoms with Crippen LogP contribution >= 0.6 is 11.6 Å². The lowest BCUT2D eigenvalue weighted by Gasteiger charge is -2.17. The topological polar surface area (TPSA) is 60.6 Å². The molecule has 1 heterocycles. The van der Waals surface area contributed by atoms with Gasteiger partial charge in [-0.3, -0.25) is 4.90 Å². The Morgan fingerprint density at radius 2 is 2.17 bits per heavy atom. The van der Waals surface area contributed by atoms with Crippen LogP contribution in [0, 0.1) is 0 Å². The maximum Gasteiger partial charge on any atom is 0.226 e. The standard InChI is InChI=1S/C17H22ClN3O3/c1-5-7-23-17-13(18)8-12(9-14(17)22-4)10-21(3)11-15-19-16(6-2)24-20-15/h5,8-9H,1,6-7,10-11H2,2-4H3. The molecule has 24 heavy (non-hydrogen) atoms. The monoisotopic (exact) mass is 351 g/mol. The fourth-order valence-electron chi connectivity index (χ4n) is 2.25. The van der Waals surface area contributed by atoms with Gasteiger partial charge in [0.2, 0.25) is 5.89 Å². The lowest BCUT2D eigenvalue weighted by Crippen LogP contribution is -2.18. The molecule has 6 nitrogen and oxygen atoms in total. The second-order valence-corrected chi connectivity index (χ2v) is 5.75. The molecule has 1 aromatic heterocycles. The molecular weight excluding hydrogens is 330 g/mol. The summed E-state index contributed by atoms with van der Waals surface area (Å²) in [7, 11) is 3.57. The zero-order valence-electron chi connectivity index (χ0n) is 14.2. The van der Waals surface area contributed by atoms with Crippen LogP contribution in [-0.2, 0) is 19.5 Å². The van der Waals surface area contributed by atoms with Crippen LogP contribution in [0.25, 0.3) is 0 Å². The summed E-state index contributed by atoms with van der Waals surface area (Å²) in [5.41, 5.74) is 1.00. The minimum Gasteiger partial charge on any atom is -0.493 e. The molecule has 0 saturated heterocycles. The van der Waals surface area contributed by atoms with E-state index in [1.165, 1.54) is 0 Å². The zero-order valence-corrected chi connectivity index (χ0v) is 15.0. The van der Waals surface area contributed by atoms with Gasteiger partial charge in [-0.1, -0.05) is 36.3 Å². The van der Waals surface area contributed by atoms with Crippen molar-refractivity contribution in [3.05, 3.63) is 47.1 Å². The lowest BCUT2D eigenvalue weighted by atomic mass is 10.2. The lowest BCUT2D eigenvalue weighted by molar-refractivity contribution is 0.297. The van der Waals surface area contributed by atoms with E-state index in [4.69, 9.17) is 25.6 Å². The van der Waals surface area contributed by atoms with Crippen molar-refractivity contribution in [2.45, 2.75) is 26.4 Å². The van der Waals surface area contributed by atoms with E-state index in [1.54, 1.807) is 13.2 Å². The van der Waals surface area contributed by atoms with Crippen molar-refractivity contribution < 1.29 is 14.0 Å². The number of methoxy groups -OCH3 is 1. The number of aromatic nitrogens is 2. The molecular formula is C17H22ClN3O3. The van der Waals surface area contributed by atoms with Gasteiger partial charge in [-0.25, -0.2) is 0 Å². The van der Waals surface area contributed by atoms with Crippen LogP contribution in [0.4, 0.5) is 0 Å². The number of hydrogen-bond acceptors (Lipinski definition) is 6. The number of aryl methyl sites for hydroxylation is 1. The van der Waals surface area contributed by atoms with E-state index in [0.717, 1.165) is 12.0 Å². The van der Waals surface area contributed by atoms with E-state index in [0.29, 0.717) is 47.9 Å². The predicted molar refractivity (Wildman–Crippen MR) is 92.5 cm³/mol. The molecule has 2 aromatic rings. The van der Waals surface area contributed by atoms with E-state index in [2.05, 4.69) is 21.6 Å². The summed E-state index contributed by atoms with van der Waals surface area (Å²) < 4.78 is 16.1. The smallest absolute Gasteiger partial charge is 0.226 e. The molecule has 0 aliphatic rings. The highest BCUT2D eigenvalue weighted by molar-refractivity contribution is 6.32. The van der Waals surface area contributed by atoms with Crippen molar-refractivity contribution in [1.82, 2.24) is 15.0 Å². The third-order valence-electron chi connectivity index (χ3n) is 3.31. The Balaban J connectivity index is 2.08. The third kappa shape index (κ3) is 4.72. The van der Waals surface area contributed by atoms with Gasteiger partial charge in [0, 0.05) is 13.0 Å². The number of halogens is 1. The normalized spacial score (nSPS) is 10.9. The Labute approximate surface area is 147 Å². The minimum atomic E-state index is 0.368. The highest BCUT2D eigenvalue weighted by atomic mass is 35.5. The van der Waals surface area contributed by atoms with Gasteiger partial charge in [-0.15, -0.1) is 0 Å². The summed E-state index contributed by atoms with van der Waals surface area (Å²) in [4.78, 5) is 6.38. The maximum atomic E-state index is 6.32. The second kappa shape index (κ2) is 8.70. The third-order valence-corrected chi connectivity index (χ3v) is 3.59. The van der Waals surface area contributed by atoms with Gasteiger partial charge in [0.1, 0.15) is 6.61 Å². The molecule has 0 N–H and O–H groups in total. The van der Waals surface area contributed by atoms with Crippen LogP contribution in [0.5, 0.6) is 11.5 Å². The summed E-state index contributed by atoms with van der Waals surface area (Å²) in [6.45, 7) is 7.22. The van der Waals surface area contributed by atoms with E-state index in [-0.39, 0.29) is 0 Å². The molecule has 0 spiro atoms. The molecule has 0 fully saturated rings. The van der Waals surface area contributed by atoms with Crippen molar-refractivity contribution in [2.75, 3.05) is 20.8 Å². The van der Waals surface area contributed by atoms with Crippen LogP contribution in [0.2, 0.25) is 5.02 Å². The summed E-state index contributed by atoms with van der Waals surface area (Å²) in [5, 5.41) is 4.47. The summed E-state index contributed by atoms with van der Waals surface area (Å²) in [6, 6.07) is 3.78. The fraction of sp³-hybridized carbons (Fsp3) is 0.412. The average molecular weight is 352 g/mol. The van der Waals surface area contributed by atoms with Gasteiger partial charge < -0.3 is 14.0 Å². The van der Waals surface area contributed by atoms with Crippen molar-refractivity contribution in [1.29, 1.82) is 0 Å². The summed E-state index contributed by atoms with van der Waals surface area (Å²) in [5.74, 6) is 2.43. The Hall–Kier alpha value is -2.05. The number of benzene rings is 1. The molecule has 0 amide bonds. The highest BCUT2D eigenvalue weighted by Crippen LogP contribution is 2.36. The van der Waals surface area contributed by atoms with E-state index >= 15 is 0 Å². The van der Waals surface area contributed by atoms with Gasteiger partial charge >= 0.3 is 0 Å². The van der Waals surface area contributed by atoms with E-state index in [9.17, 15) is 0 Å². The summed E-state index contributed by atoms with van der Waals surface area (Å²) in [6.07, 6.45) is 2.39. The maximum absolute atomic E-state index is 6.32. The van der Waals surface area contributed by atoms with Gasteiger partial charge in [-0.05, 0) is 24.7 Å².